The number of piperazine rings is 1. The van der Waals surface area contributed by atoms with Gasteiger partial charge in [0.2, 0.25) is 0 Å². The maximum Gasteiger partial charge on any atom is 0.261 e. The lowest BCUT2D eigenvalue weighted by Crippen LogP contribution is -2.52. The van der Waals surface area contributed by atoms with Crippen molar-refractivity contribution in [2.45, 2.75) is 38.1 Å². The van der Waals surface area contributed by atoms with E-state index < -0.39 is 0 Å². The molecule has 0 radical (unpaired) electrons. The molecule has 2 aliphatic rings. The molecule has 0 bridgehead atoms. The summed E-state index contributed by atoms with van der Waals surface area (Å²) in [7, 11) is 1.78. The molecule has 0 aromatic carbocycles. The molecule has 5 heteroatoms. The Kier molecular flexibility index (Phi) is 5.58. The highest BCUT2D eigenvalue weighted by molar-refractivity contribution is 7.85. The van der Waals surface area contributed by atoms with Gasteiger partial charge >= 0.3 is 0 Å². The number of nitrogens with zero attached hydrogens (tertiary/aromatic N) is 2. The van der Waals surface area contributed by atoms with Crippen LogP contribution in [0.25, 0.3) is 0 Å². The summed E-state index contributed by atoms with van der Waals surface area (Å²) in [4.78, 5) is 17.1. The molecule has 0 aromatic rings. The molecule has 108 valence electrons. The van der Waals surface area contributed by atoms with Crippen molar-refractivity contribution in [3.63, 3.8) is 0 Å². The highest BCUT2D eigenvalue weighted by Gasteiger charge is 2.27. The minimum Gasteiger partial charge on any atom is -0.393 e. The van der Waals surface area contributed by atoms with Gasteiger partial charge in [0.15, 0.2) is 0 Å². The molecule has 2 fully saturated rings. The predicted molar refractivity (Wildman–Crippen MR) is 81.2 cm³/mol. The fraction of sp³-hybridized carbons (Fsp3) is 0.786. The minimum absolute atomic E-state index is 0.0426. The van der Waals surface area contributed by atoms with E-state index in [1.54, 1.807) is 13.2 Å². The Balaban J connectivity index is 1.81. The first-order valence-corrected chi connectivity index (χ1v) is 7.77. The summed E-state index contributed by atoms with van der Waals surface area (Å²) < 4.78 is 0. The van der Waals surface area contributed by atoms with Gasteiger partial charge in [-0.05, 0) is 12.8 Å². The van der Waals surface area contributed by atoms with Crippen LogP contribution in [0.3, 0.4) is 0 Å². The van der Waals surface area contributed by atoms with Gasteiger partial charge in [-0.3, -0.25) is 9.69 Å². The lowest BCUT2D eigenvalue weighted by Gasteiger charge is -2.40. The molecular weight excluding hydrogens is 258 g/mol. The van der Waals surface area contributed by atoms with Crippen LogP contribution < -0.4 is 5.32 Å². The van der Waals surface area contributed by atoms with Crippen molar-refractivity contribution in [1.29, 1.82) is 0 Å². The summed E-state index contributed by atoms with van der Waals surface area (Å²) in [6.07, 6.45) is 8.47. The average molecular weight is 283 g/mol. The molecule has 1 saturated heterocycles. The van der Waals surface area contributed by atoms with Gasteiger partial charge in [0.25, 0.3) is 5.91 Å². The fourth-order valence-electron chi connectivity index (χ4n) is 3.10. The Bertz CT molecular complexity index is 332. The maximum absolute atomic E-state index is 12.1. The number of nitrogens with one attached hydrogen (secondary N) is 1. The van der Waals surface area contributed by atoms with Crippen LogP contribution in [0.2, 0.25) is 0 Å². The Labute approximate surface area is 121 Å². The van der Waals surface area contributed by atoms with E-state index in [0.29, 0.717) is 4.91 Å². The third-order valence-corrected chi connectivity index (χ3v) is 4.51. The molecule has 19 heavy (non-hydrogen) atoms. The average Bonchev–Trinajstić information content (AvgIpc) is 2.48. The van der Waals surface area contributed by atoms with E-state index in [9.17, 15) is 4.79 Å². The number of thiol groups is 1. The third kappa shape index (κ3) is 3.89. The summed E-state index contributed by atoms with van der Waals surface area (Å²) in [5.41, 5.74) is 0. The van der Waals surface area contributed by atoms with Crippen molar-refractivity contribution in [2.24, 2.45) is 0 Å². The molecule has 1 heterocycles. The van der Waals surface area contributed by atoms with Gasteiger partial charge < -0.3 is 10.2 Å². The Morgan fingerprint density at radius 3 is 2.37 bits per heavy atom. The second-order valence-corrected chi connectivity index (χ2v) is 5.92. The van der Waals surface area contributed by atoms with Crippen LogP contribution in [0.15, 0.2) is 11.1 Å². The van der Waals surface area contributed by atoms with Crippen molar-refractivity contribution >= 4 is 18.5 Å². The molecule has 0 spiro atoms. The van der Waals surface area contributed by atoms with E-state index in [0.717, 1.165) is 32.2 Å². The minimum atomic E-state index is 0.0426. The molecule has 4 nitrogen and oxygen atoms in total. The van der Waals surface area contributed by atoms with Crippen LogP contribution in [0.1, 0.15) is 32.1 Å². The monoisotopic (exact) mass is 283 g/mol. The molecule has 0 unspecified atom stereocenters. The van der Waals surface area contributed by atoms with Gasteiger partial charge in [0.05, 0.1) is 4.91 Å². The molecular formula is C14H25N3OS. The van der Waals surface area contributed by atoms with Crippen LogP contribution in [0, 0.1) is 0 Å². The quantitative estimate of drug-likeness (QED) is 0.608. The van der Waals surface area contributed by atoms with Gasteiger partial charge in [0.1, 0.15) is 0 Å². The van der Waals surface area contributed by atoms with Crippen LogP contribution in [-0.4, -0.2) is 55.0 Å². The van der Waals surface area contributed by atoms with E-state index in [4.69, 9.17) is 0 Å². The summed E-state index contributed by atoms with van der Waals surface area (Å²) >= 11 is 4.23. The van der Waals surface area contributed by atoms with E-state index in [1.165, 1.54) is 32.1 Å². The second kappa shape index (κ2) is 7.20. The summed E-state index contributed by atoms with van der Waals surface area (Å²) in [5, 5.41) is 2.85. The lowest BCUT2D eigenvalue weighted by atomic mass is 9.94. The predicted octanol–water partition coefficient (Wildman–Crippen LogP) is 1.45. The van der Waals surface area contributed by atoms with E-state index >= 15 is 0 Å². The molecule has 1 saturated carbocycles. The van der Waals surface area contributed by atoms with Gasteiger partial charge in [0, 0.05) is 45.5 Å². The SMILES string of the molecule is CN/C=C(\S)C(=O)N1CCN(C2CCCCC2)CC1. The number of hydrogen-bond acceptors (Lipinski definition) is 4. The van der Waals surface area contributed by atoms with Crippen LogP contribution in [0.4, 0.5) is 0 Å². The zero-order valence-corrected chi connectivity index (χ0v) is 12.7. The number of carbonyl (C=O) groups excluding carboxylic acids is 1. The summed E-state index contributed by atoms with van der Waals surface area (Å²) in [5.74, 6) is 0.0426. The number of carbonyl (C=O) groups is 1. The first-order chi connectivity index (χ1) is 9.22. The van der Waals surface area contributed by atoms with Crippen molar-refractivity contribution < 1.29 is 4.79 Å². The van der Waals surface area contributed by atoms with Gasteiger partial charge in [-0.15, -0.1) is 12.6 Å². The maximum atomic E-state index is 12.1. The third-order valence-electron chi connectivity index (χ3n) is 4.19. The van der Waals surface area contributed by atoms with Crippen LogP contribution in [0.5, 0.6) is 0 Å². The Morgan fingerprint density at radius 2 is 1.79 bits per heavy atom. The summed E-state index contributed by atoms with van der Waals surface area (Å²) in [6, 6.07) is 0.759. The topological polar surface area (TPSA) is 35.6 Å². The lowest BCUT2D eigenvalue weighted by molar-refractivity contribution is -0.128. The summed E-state index contributed by atoms with van der Waals surface area (Å²) in [6.45, 7) is 3.68. The van der Waals surface area contributed by atoms with Crippen molar-refractivity contribution in [3.05, 3.63) is 11.1 Å². The molecule has 1 aliphatic heterocycles. The standard InChI is InChI=1S/C14H25N3OS/c1-15-11-13(19)14(18)17-9-7-16(8-10-17)12-5-3-2-4-6-12/h11-12,15,19H,2-10H2,1H3/b13-11-. The highest BCUT2D eigenvalue weighted by atomic mass is 32.1. The molecule has 2 rings (SSSR count). The number of hydrogen-bond donors (Lipinski definition) is 2. The van der Waals surface area contributed by atoms with E-state index in [1.807, 2.05) is 4.90 Å². The molecule has 0 aromatic heterocycles. The first kappa shape index (κ1) is 14.7. The zero-order chi connectivity index (χ0) is 13.7. The van der Waals surface area contributed by atoms with Crippen LogP contribution in [-0.2, 0) is 4.79 Å². The zero-order valence-electron chi connectivity index (χ0n) is 11.8. The van der Waals surface area contributed by atoms with E-state index in [-0.39, 0.29) is 5.91 Å². The normalized spacial score (nSPS) is 23.5. The van der Waals surface area contributed by atoms with Crippen molar-refractivity contribution in [1.82, 2.24) is 15.1 Å². The molecule has 0 atom stereocenters. The van der Waals surface area contributed by atoms with Crippen LogP contribution >= 0.6 is 12.6 Å². The largest absolute Gasteiger partial charge is 0.393 e. The number of rotatable bonds is 3. The van der Waals surface area contributed by atoms with E-state index in [2.05, 4.69) is 22.8 Å². The Morgan fingerprint density at radius 1 is 1.16 bits per heavy atom. The molecule has 1 aliphatic carbocycles. The molecule has 1 amide bonds. The highest BCUT2D eigenvalue weighted by Crippen LogP contribution is 2.23. The Hall–Kier alpha value is -0.680. The number of amides is 1. The fourth-order valence-corrected chi connectivity index (χ4v) is 3.37. The van der Waals surface area contributed by atoms with Crippen molar-refractivity contribution in [3.8, 4) is 0 Å². The smallest absolute Gasteiger partial charge is 0.261 e. The first-order valence-electron chi connectivity index (χ1n) is 7.32. The molecule has 1 N–H and O–H groups in total. The van der Waals surface area contributed by atoms with Crippen molar-refractivity contribution in [2.75, 3.05) is 33.2 Å². The second-order valence-electron chi connectivity index (χ2n) is 5.44. The van der Waals surface area contributed by atoms with Gasteiger partial charge in [-0.25, -0.2) is 0 Å². The van der Waals surface area contributed by atoms with Gasteiger partial charge in [-0.1, -0.05) is 19.3 Å². The van der Waals surface area contributed by atoms with Gasteiger partial charge in [-0.2, -0.15) is 0 Å².